The van der Waals surface area contributed by atoms with Crippen LogP contribution in [0.5, 0.6) is 5.75 Å². The van der Waals surface area contributed by atoms with Crippen LogP contribution in [0.1, 0.15) is 18.4 Å². The van der Waals surface area contributed by atoms with E-state index in [-0.39, 0.29) is 30.0 Å². The van der Waals surface area contributed by atoms with E-state index < -0.39 is 0 Å². The average Bonchev–Trinajstić information content (AvgIpc) is 2.70. The summed E-state index contributed by atoms with van der Waals surface area (Å²) in [4.78, 5) is 26.7. The van der Waals surface area contributed by atoms with Crippen LogP contribution in [0.25, 0.3) is 0 Å². The molecule has 0 aliphatic carbocycles. The van der Waals surface area contributed by atoms with Crippen LogP contribution in [-0.4, -0.2) is 36.9 Å². The predicted molar refractivity (Wildman–Crippen MR) is 101 cm³/mol. The van der Waals surface area contributed by atoms with E-state index in [2.05, 4.69) is 5.32 Å². The van der Waals surface area contributed by atoms with Gasteiger partial charge in [0.05, 0.1) is 19.2 Å². The predicted octanol–water partition coefficient (Wildman–Crippen LogP) is 3.25. The maximum atomic E-state index is 13.0. The van der Waals surface area contributed by atoms with Gasteiger partial charge in [-0.2, -0.15) is 0 Å². The first kappa shape index (κ1) is 18.9. The van der Waals surface area contributed by atoms with Crippen LogP contribution in [0.15, 0.2) is 48.5 Å². The van der Waals surface area contributed by atoms with Crippen LogP contribution in [0, 0.1) is 11.7 Å². The van der Waals surface area contributed by atoms with Crippen molar-refractivity contribution in [2.75, 3.05) is 25.5 Å². The van der Waals surface area contributed by atoms with Gasteiger partial charge < -0.3 is 15.0 Å². The number of hydrogen-bond donors (Lipinski definition) is 1. The van der Waals surface area contributed by atoms with Crippen molar-refractivity contribution in [1.82, 2.24) is 4.90 Å². The summed E-state index contributed by atoms with van der Waals surface area (Å²) >= 11 is 0. The van der Waals surface area contributed by atoms with E-state index in [9.17, 15) is 14.0 Å². The fraction of sp³-hybridized carbons (Fsp3) is 0.333. The van der Waals surface area contributed by atoms with Crippen molar-refractivity contribution in [2.45, 2.75) is 19.3 Å². The number of para-hydroxylation sites is 2. The summed E-state index contributed by atoms with van der Waals surface area (Å²) in [6.45, 7) is 1.09. The number of ether oxygens (including phenoxy) is 1. The van der Waals surface area contributed by atoms with E-state index in [1.165, 1.54) is 12.1 Å². The number of piperidine rings is 1. The van der Waals surface area contributed by atoms with Gasteiger partial charge in [-0.15, -0.1) is 0 Å². The quantitative estimate of drug-likeness (QED) is 0.879. The van der Waals surface area contributed by atoms with Gasteiger partial charge in [-0.05, 0) is 42.7 Å². The standard InChI is InChI=1S/C21H23FN2O3/c1-27-19-5-3-2-4-18(19)23-21(26)16-10-12-24(13-11-16)20(25)14-15-6-8-17(22)9-7-15/h2-9,16H,10-14H2,1H3,(H,23,26). The van der Waals surface area contributed by atoms with Crippen molar-refractivity contribution in [2.24, 2.45) is 5.92 Å². The van der Waals surface area contributed by atoms with E-state index in [4.69, 9.17) is 4.74 Å². The van der Waals surface area contributed by atoms with Gasteiger partial charge in [-0.3, -0.25) is 9.59 Å². The highest BCUT2D eigenvalue weighted by atomic mass is 19.1. The molecule has 27 heavy (non-hydrogen) atoms. The Morgan fingerprint density at radius 2 is 1.78 bits per heavy atom. The lowest BCUT2D eigenvalue weighted by Crippen LogP contribution is -2.42. The molecule has 1 saturated heterocycles. The van der Waals surface area contributed by atoms with Crippen LogP contribution in [0.3, 0.4) is 0 Å². The molecular formula is C21H23FN2O3. The van der Waals surface area contributed by atoms with Gasteiger partial charge in [0.2, 0.25) is 11.8 Å². The number of benzene rings is 2. The summed E-state index contributed by atoms with van der Waals surface area (Å²) in [5.41, 5.74) is 1.44. The monoisotopic (exact) mass is 370 g/mol. The Hall–Kier alpha value is -2.89. The normalized spacial score (nSPS) is 14.7. The van der Waals surface area contributed by atoms with Gasteiger partial charge in [0.1, 0.15) is 11.6 Å². The lowest BCUT2D eigenvalue weighted by Gasteiger charge is -2.31. The van der Waals surface area contributed by atoms with Gasteiger partial charge in [0.15, 0.2) is 0 Å². The molecule has 142 valence electrons. The minimum Gasteiger partial charge on any atom is -0.495 e. The number of rotatable bonds is 5. The first-order valence-electron chi connectivity index (χ1n) is 9.03. The van der Waals surface area contributed by atoms with Crippen molar-refractivity contribution in [3.63, 3.8) is 0 Å². The lowest BCUT2D eigenvalue weighted by molar-refractivity contribution is -0.133. The first-order chi connectivity index (χ1) is 13.1. The van der Waals surface area contributed by atoms with Crippen LogP contribution in [0.2, 0.25) is 0 Å². The van der Waals surface area contributed by atoms with E-state index in [0.29, 0.717) is 37.4 Å². The molecule has 1 aliphatic rings. The molecular weight excluding hydrogens is 347 g/mol. The van der Waals surface area contributed by atoms with Crippen LogP contribution in [-0.2, 0) is 16.0 Å². The number of methoxy groups -OCH3 is 1. The van der Waals surface area contributed by atoms with Crippen molar-refractivity contribution in [1.29, 1.82) is 0 Å². The fourth-order valence-electron chi connectivity index (χ4n) is 3.26. The highest BCUT2D eigenvalue weighted by molar-refractivity contribution is 5.94. The third-order valence-corrected chi connectivity index (χ3v) is 4.85. The van der Waals surface area contributed by atoms with Crippen LogP contribution < -0.4 is 10.1 Å². The zero-order valence-corrected chi connectivity index (χ0v) is 15.3. The Balaban J connectivity index is 1.51. The Labute approximate surface area is 158 Å². The van der Waals surface area contributed by atoms with Crippen LogP contribution >= 0.6 is 0 Å². The van der Waals surface area contributed by atoms with Gasteiger partial charge in [0.25, 0.3) is 0 Å². The smallest absolute Gasteiger partial charge is 0.227 e. The van der Waals surface area contributed by atoms with Crippen molar-refractivity contribution < 1.29 is 18.7 Å². The fourth-order valence-corrected chi connectivity index (χ4v) is 3.26. The second-order valence-corrected chi connectivity index (χ2v) is 6.65. The summed E-state index contributed by atoms with van der Waals surface area (Å²) in [6.07, 6.45) is 1.49. The zero-order valence-electron chi connectivity index (χ0n) is 15.3. The molecule has 6 heteroatoms. The van der Waals surface area contributed by atoms with E-state index >= 15 is 0 Å². The molecule has 2 aromatic carbocycles. The van der Waals surface area contributed by atoms with Gasteiger partial charge in [-0.1, -0.05) is 24.3 Å². The molecule has 0 aromatic heterocycles. The number of carbonyl (C=O) groups excluding carboxylic acids is 2. The molecule has 5 nitrogen and oxygen atoms in total. The number of carbonyl (C=O) groups is 2. The third-order valence-electron chi connectivity index (χ3n) is 4.85. The Morgan fingerprint density at radius 1 is 1.11 bits per heavy atom. The largest absolute Gasteiger partial charge is 0.495 e. The minimum atomic E-state index is -0.312. The molecule has 1 N–H and O–H groups in total. The molecule has 2 aromatic rings. The number of nitrogens with zero attached hydrogens (tertiary/aromatic N) is 1. The molecule has 1 fully saturated rings. The molecule has 0 radical (unpaired) electrons. The van der Waals surface area contributed by atoms with E-state index in [0.717, 1.165) is 5.56 Å². The highest BCUT2D eigenvalue weighted by Gasteiger charge is 2.27. The van der Waals surface area contributed by atoms with Crippen molar-refractivity contribution >= 4 is 17.5 Å². The molecule has 3 rings (SSSR count). The Bertz CT molecular complexity index is 799. The molecule has 0 bridgehead atoms. The third kappa shape index (κ3) is 4.84. The van der Waals surface area contributed by atoms with Gasteiger partial charge in [-0.25, -0.2) is 4.39 Å². The average molecular weight is 370 g/mol. The Kier molecular flexibility index (Phi) is 6.06. The second kappa shape index (κ2) is 8.66. The maximum Gasteiger partial charge on any atom is 0.227 e. The van der Waals surface area contributed by atoms with E-state index in [1.54, 1.807) is 36.3 Å². The number of nitrogens with one attached hydrogen (secondary N) is 1. The van der Waals surface area contributed by atoms with Crippen LogP contribution in [0.4, 0.5) is 10.1 Å². The summed E-state index contributed by atoms with van der Waals surface area (Å²) in [6, 6.07) is 13.3. The maximum absolute atomic E-state index is 13.0. The van der Waals surface area contributed by atoms with Crippen molar-refractivity contribution in [3.05, 3.63) is 59.9 Å². The molecule has 0 saturated carbocycles. The van der Waals surface area contributed by atoms with Crippen molar-refractivity contribution in [3.8, 4) is 5.75 Å². The SMILES string of the molecule is COc1ccccc1NC(=O)C1CCN(C(=O)Cc2ccc(F)cc2)CC1. The molecule has 2 amide bonds. The highest BCUT2D eigenvalue weighted by Crippen LogP contribution is 2.26. The van der Waals surface area contributed by atoms with Gasteiger partial charge >= 0.3 is 0 Å². The number of anilines is 1. The lowest BCUT2D eigenvalue weighted by atomic mass is 9.95. The molecule has 0 unspecified atom stereocenters. The molecule has 0 atom stereocenters. The number of amides is 2. The Morgan fingerprint density at radius 3 is 2.44 bits per heavy atom. The number of halogens is 1. The first-order valence-corrected chi connectivity index (χ1v) is 9.03. The number of hydrogen-bond acceptors (Lipinski definition) is 3. The molecule has 1 aliphatic heterocycles. The summed E-state index contributed by atoms with van der Waals surface area (Å²) in [7, 11) is 1.57. The molecule has 1 heterocycles. The minimum absolute atomic E-state index is 0.00481. The summed E-state index contributed by atoms with van der Waals surface area (Å²) in [5, 5.41) is 2.92. The molecule has 0 spiro atoms. The summed E-state index contributed by atoms with van der Waals surface area (Å²) in [5.74, 6) is 0.131. The number of likely N-dealkylation sites (tertiary alicyclic amines) is 1. The zero-order chi connectivity index (χ0) is 19.2. The summed E-state index contributed by atoms with van der Waals surface area (Å²) < 4.78 is 18.2. The topological polar surface area (TPSA) is 58.6 Å². The van der Waals surface area contributed by atoms with Gasteiger partial charge in [0, 0.05) is 19.0 Å². The van der Waals surface area contributed by atoms with E-state index in [1.807, 2.05) is 12.1 Å². The second-order valence-electron chi connectivity index (χ2n) is 6.65.